The van der Waals surface area contributed by atoms with Crippen molar-refractivity contribution in [1.29, 1.82) is 0 Å². The molecule has 1 fully saturated rings. The van der Waals surface area contributed by atoms with Gasteiger partial charge in [-0.25, -0.2) is 13.1 Å². The SMILES string of the molecule is CC[C@H](NS(=O)(=O)c1ccc2c(c1)CCN2C(=O)C1CC1)c1ccccc1C. The monoisotopic (exact) mass is 398 g/mol. The van der Waals surface area contributed by atoms with Crippen LogP contribution in [0.5, 0.6) is 0 Å². The van der Waals surface area contributed by atoms with Crippen LogP contribution in [0.15, 0.2) is 47.4 Å². The van der Waals surface area contributed by atoms with Gasteiger partial charge in [0.25, 0.3) is 0 Å². The van der Waals surface area contributed by atoms with E-state index in [-0.39, 0.29) is 22.8 Å². The average molecular weight is 399 g/mol. The Morgan fingerprint density at radius 2 is 1.96 bits per heavy atom. The van der Waals surface area contributed by atoms with Crippen molar-refractivity contribution >= 4 is 21.6 Å². The van der Waals surface area contributed by atoms with Crippen LogP contribution in [0.3, 0.4) is 0 Å². The molecule has 148 valence electrons. The molecule has 5 nitrogen and oxygen atoms in total. The zero-order valence-corrected chi connectivity index (χ0v) is 17.1. The lowest BCUT2D eigenvalue weighted by Crippen LogP contribution is -2.30. The van der Waals surface area contributed by atoms with E-state index >= 15 is 0 Å². The minimum Gasteiger partial charge on any atom is -0.312 e. The second-order valence-electron chi connectivity index (χ2n) is 7.74. The van der Waals surface area contributed by atoms with E-state index in [1.165, 1.54) is 0 Å². The van der Waals surface area contributed by atoms with Crippen LogP contribution in [0, 0.1) is 12.8 Å². The molecule has 0 bridgehead atoms. The molecule has 2 aliphatic rings. The van der Waals surface area contributed by atoms with Gasteiger partial charge in [0.15, 0.2) is 0 Å². The van der Waals surface area contributed by atoms with Crippen molar-refractivity contribution in [2.45, 2.75) is 50.5 Å². The number of carbonyl (C=O) groups is 1. The molecule has 4 rings (SSSR count). The van der Waals surface area contributed by atoms with E-state index in [1.54, 1.807) is 18.2 Å². The van der Waals surface area contributed by atoms with Crippen LogP contribution in [0.4, 0.5) is 5.69 Å². The van der Waals surface area contributed by atoms with Crippen LogP contribution >= 0.6 is 0 Å². The summed E-state index contributed by atoms with van der Waals surface area (Å²) in [4.78, 5) is 14.5. The Morgan fingerprint density at radius 3 is 2.64 bits per heavy atom. The lowest BCUT2D eigenvalue weighted by molar-refractivity contribution is -0.119. The van der Waals surface area contributed by atoms with Crippen LogP contribution in [0.25, 0.3) is 0 Å². The van der Waals surface area contributed by atoms with E-state index in [0.29, 0.717) is 19.4 Å². The fourth-order valence-corrected chi connectivity index (χ4v) is 5.27. The number of anilines is 1. The Balaban J connectivity index is 1.58. The molecular weight excluding hydrogens is 372 g/mol. The summed E-state index contributed by atoms with van der Waals surface area (Å²) in [5, 5.41) is 0. The zero-order chi connectivity index (χ0) is 19.9. The molecule has 0 spiro atoms. The Morgan fingerprint density at radius 1 is 1.21 bits per heavy atom. The van der Waals surface area contributed by atoms with Gasteiger partial charge >= 0.3 is 0 Å². The number of aryl methyl sites for hydroxylation is 1. The maximum atomic E-state index is 13.0. The van der Waals surface area contributed by atoms with Crippen molar-refractivity contribution in [2.24, 2.45) is 5.92 Å². The molecule has 0 aromatic heterocycles. The molecule has 2 aromatic carbocycles. The van der Waals surface area contributed by atoms with Crippen molar-refractivity contribution in [2.75, 3.05) is 11.4 Å². The van der Waals surface area contributed by atoms with Crippen molar-refractivity contribution in [3.8, 4) is 0 Å². The Bertz CT molecular complexity index is 1010. The predicted octanol–water partition coefficient (Wildman–Crippen LogP) is 3.72. The van der Waals surface area contributed by atoms with Gasteiger partial charge in [-0.3, -0.25) is 4.79 Å². The standard InChI is InChI=1S/C22H26N2O3S/c1-3-20(19-7-5-4-6-15(19)2)23-28(26,27)18-10-11-21-17(14-18)12-13-24(21)22(25)16-8-9-16/h4-7,10-11,14,16,20,23H,3,8-9,12-13H2,1-2H3/t20-/m0/s1. The number of carbonyl (C=O) groups excluding carboxylic acids is 1. The molecule has 1 saturated carbocycles. The summed E-state index contributed by atoms with van der Waals surface area (Å²) in [5.41, 5.74) is 3.86. The third-order valence-corrected chi connectivity index (χ3v) is 7.19. The number of nitrogens with zero attached hydrogens (tertiary/aromatic N) is 1. The normalized spacial score (nSPS) is 17.4. The summed E-state index contributed by atoms with van der Waals surface area (Å²) in [6.07, 6.45) is 3.31. The first-order valence-electron chi connectivity index (χ1n) is 9.93. The van der Waals surface area contributed by atoms with Gasteiger partial charge in [-0.1, -0.05) is 31.2 Å². The summed E-state index contributed by atoms with van der Waals surface area (Å²) in [6.45, 7) is 4.61. The molecule has 0 radical (unpaired) electrons. The van der Waals surface area contributed by atoms with Gasteiger partial charge in [0.2, 0.25) is 15.9 Å². The van der Waals surface area contributed by atoms with Crippen LogP contribution in [-0.4, -0.2) is 20.9 Å². The van der Waals surface area contributed by atoms with E-state index in [1.807, 2.05) is 43.0 Å². The highest BCUT2D eigenvalue weighted by atomic mass is 32.2. The molecule has 1 N–H and O–H groups in total. The van der Waals surface area contributed by atoms with Crippen molar-refractivity contribution in [1.82, 2.24) is 4.72 Å². The quantitative estimate of drug-likeness (QED) is 0.806. The first kappa shape index (κ1) is 19.2. The number of nitrogens with one attached hydrogen (secondary N) is 1. The molecule has 1 heterocycles. The summed E-state index contributed by atoms with van der Waals surface area (Å²) in [6, 6.07) is 12.7. The molecule has 1 aliphatic carbocycles. The maximum Gasteiger partial charge on any atom is 0.241 e. The number of benzene rings is 2. The fraction of sp³-hybridized carbons (Fsp3) is 0.409. The van der Waals surface area contributed by atoms with E-state index < -0.39 is 10.0 Å². The Labute approximate surface area is 166 Å². The number of sulfonamides is 1. The summed E-state index contributed by atoms with van der Waals surface area (Å²) in [7, 11) is -3.65. The van der Waals surface area contributed by atoms with Crippen LogP contribution in [0.2, 0.25) is 0 Å². The number of hydrogen-bond acceptors (Lipinski definition) is 3. The molecule has 1 atom stereocenters. The van der Waals surface area contributed by atoms with E-state index in [4.69, 9.17) is 0 Å². The fourth-order valence-electron chi connectivity index (χ4n) is 3.92. The minimum atomic E-state index is -3.65. The van der Waals surface area contributed by atoms with Crippen LogP contribution in [-0.2, 0) is 21.2 Å². The third kappa shape index (κ3) is 3.59. The molecule has 0 unspecified atom stereocenters. The summed E-state index contributed by atoms with van der Waals surface area (Å²) < 4.78 is 28.9. The van der Waals surface area contributed by atoms with Gasteiger partial charge < -0.3 is 4.90 Å². The van der Waals surface area contributed by atoms with E-state index in [2.05, 4.69) is 4.72 Å². The highest BCUT2D eigenvalue weighted by Gasteiger charge is 2.36. The predicted molar refractivity (Wildman–Crippen MR) is 110 cm³/mol. The lowest BCUT2D eigenvalue weighted by Gasteiger charge is -2.20. The van der Waals surface area contributed by atoms with E-state index in [0.717, 1.165) is 35.2 Å². The van der Waals surface area contributed by atoms with Gasteiger partial charge in [0.05, 0.1) is 4.90 Å². The largest absolute Gasteiger partial charge is 0.312 e. The van der Waals surface area contributed by atoms with Crippen molar-refractivity contribution in [3.05, 3.63) is 59.2 Å². The molecule has 2 aromatic rings. The van der Waals surface area contributed by atoms with Crippen LogP contribution < -0.4 is 9.62 Å². The second-order valence-corrected chi connectivity index (χ2v) is 9.46. The highest BCUT2D eigenvalue weighted by molar-refractivity contribution is 7.89. The van der Waals surface area contributed by atoms with Gasteiger partial charge in [0, 0.05) is 24.2 Å². The molecule has 28 heavy (non-hydrogen) atoms. The van der Waals surface area contributed by atoms with Crippen molar-refractivity contribution in [3.63, 3.8) is 0 Å². The lowest BCUT2D eigenvalue weighted by atomic mass is 10.0. The number of rotatable bonds is 6. The average Bonchev–Trinajstić information content (AvgIpc) is 3.45. The molecule has 0 saturated heterocycles. The van der Waals surface area contributed by atoms with Gasteiger partial charge in [-0.2, -0.15) is 0 Å². The minimum absolute atomic E-state index is 0.162. The Kier molecular flexibility index (Phi) is 5.02. The van der Waals surface area contributed by atoms with Gasteiger partial charge in [-0.05, 0) is 67.5 Å². The maximum absolute atomic E-state index is 13.0. The number of amides is 1. The molecule has 1 aliphatic heterocycles. The summed E-state index contributed by atoms with van der Waals surface area (Å²) in [5.74, 6) is 0.341. The second kappa shape index (κ2) is 7.33. The van der Waals surface area contributed by atoms with Crippen LogP contribution in [0.1, 0.15) is 48.9 Å². The highest BCUT2D eigenvalue weighted by Crippen LogP contribution is 2.37. The van der Waals surface area contributed by atoms with Gasteiger partial charge in [-0.15, -0.1) is 0 Å². The number of fused-ring (bicyclic) bond motifs is 1. The first-order valence-corrected chi connectivity index (χ1v) is 11.4. The molecule has 1 amide bonds. The number of hydrogen-bond donors (Lipinski definition) is 1. The Hall–Kier alpha value is -2.18. The summed E-state index contributed by atoms with van der Waals surface area (Å²) >= 11 is 0. The van der Waals surface area contributed by atoms with E-state index in [9.17, 15) is 13.2 Å². The molecule has 6 heteroatoms. The third-order valence-electron chi connectivity index (χ3n) is 5.72. The molecular formula is C22H26N2O3S. The first-order chi connectivity index (χ1) is 13.4. The smallest absolute Gasteiger partial charge is 0.241 e. The topological polar surface area (TPSA) is 66.5 Å². The zero-order valence-electron chi connectivity index (χ0n) is 16.3. The van der Waals surface area contributed by atoms with Crippen molar-refractivity contribution < 1.29 is 13.2 Å². The van der Waals surface area contributed by atoms with Gasteiger partial charge in [0.1, 0.15) is 0 Å².